The van der Waals surface area contributed by atoms with Gasteiger partial charge in [-0.25, -0.2) is 9.37 Å². The van der Waals surface area contributed by atoms with Crippen molar-refractivity contribution in [3.8, 4) is 11.5 Å². The van der Waals surface area contributed by atoms with Crippen LogP contribution >= 0.6 is 11.3 Å². The third-order valence-electron chi connectivity index (χ3n) is 5.36. The van der Waals surface area contributed by atoms with E-state index in [9.17, 15) is 9.18 Å². The van der Waals surface area contributed by atoms with Gasteiger partial charge in [0.25, 0.3) is 5.91 Å². The summed E-state index contributed by atoms with van der Waals surface area (Å²) in [6, 6.07) is 9.35. The Labute approximate surface area is 184 Å². The Bertz CT molecular complexity index is 1010. The molecule has 0 unspecified atom stereocenters. The fourth-order valence-corrected chi connectivity index (χ4v) is 4.73. The molecular formula is C22H25FN4O3S. The first-order chi connectivity index (χ1) is 15.1. The minimum absolute atomic E-state index is 0.184. The number of aromatic nitrogens is 1. The highest BCUT2D eigenvalue weighted by molar-refractivity contribution is 7.22. The number of amides is 1. The maximum atomic E-state index is 13.0. The molecule has 0 saturated carbocycles. The highest BCUT2D eigenvalue weighted by atomic mass is 32.1. The van der Waals surface area contributed by atoms with E-state index in [1.54, 1.807) is 25.6 Å². The van der Waals surface area contributed by atoms with E-state index in [2.05, 4.69) is 15.1 Å². The first-order valence-corrected chi connectivity index (χ1v) is 10.9. The molecule has 1 aromatic heterocycles. The summed E-state index contributed by atoms with van der Waals surface area (Å²) in [5, 5.41) is 3.86. The molecule has 0 radical (unpaired) electrons. The van der Waals surface area contributed by atoms with Crippen LogP contribution in [0.15, 0.2) is 36.4 Å². The lowest BCUT2D eigenvalue weighted by Gasteiger charge is -2.34. The molecule has 1 aliphatic rings. The number of halogens is 1. The van der Waals surface area contributed by atoms with Gasteiger partial charge < -0.3 is 19.7 Å². The average molecular weight is 445 g/mol. The van der Waals surface area contributed by atoms with E-state index in [0.29, 0.717) is 12.1 Å². The summed E-state index contributed by atoms with van der Waals surface area (Å²) in [4.78, 5) is 21.5. The van der Waals surface area contributed by atoms with Crippen LogP contribution in [0.5, 0.6) is 11.5 Å². The highest BCUT2D eigenvalue weighted by Gasteiger charge is 2.22. The molecule has 1 N–H and O–H groups in total. The van der Waals surface area contributed by atoms with Crippen LogP contribution in [0.2, 0.25) is 0 Å². The second kappa shape index (κ2) is 9.49. The Morgan fingerprint density at radius 3 is 2.42 bits per heavy atom. The molecule has 0 aliphatic carbocycles. The molecule has 1 saturated heterocycles. The average Bonchev–Trinajstić information content (AvgIpc) is 3.25. The molecule has 2 aromatic carbocycles. The van der Waals surface area contributed by atoms with Gasteiger partial charge in [0.15, 0.2) is 5.13 Å². The normalized spacial score (nSPS) is 14.6. The number of carbonyl (C=O) groups is 1. The van der Waals surface area contributed by atoms with Crippen LogP contribution in [0.4, 0.5) is 9.52 Å². The molecule has 7 nitrogen and oxygen atoms in total. The van der Waals surface area contributed by atoms with E-state index >= 15 is 0 Å². The van der Waals surface area contributed by atoms with Crippen molar-refractivity contribution in [1.82, 2.24) is 15.2 Å². The van der Waals surface area contributed by atoms with Crippen molar-refractivity contribution in [3.63, 3.8) is 0 Å². The number of piperazine rings is 1. The predicted molar refractivity (Wildman–Crippen MR) is 120 cm³/mol. The van der Waals surface area contributed by atoms with Crippen molar-refractivity contribution in [2.75, 3.05) is 58.4 Å². The lowest BCUT2D eigenvalue weighted by molar-refractivity contribution is 0.0947. The molecule has 0 bridgehead atoms. The minimum Gasteiger partial charge on any atom is -0.495 e. The van der Waals surface area contributed by atoms with Gasteiger partial charge in [-0.15, -0.1) is 0 Å². The maximum Gasteiger partial charge on any atom is 0.251 e. The zero-order chi connectivity index (χ0) is 21.8. The predicted octanol–water partition coefficient (Wildman–Crippen LogP) is 3.00. The summed E-state index contributed by atoms with van der Waals surface area (Å²) < 4.78 is 24.9. The van der Waals surface area contributed by atoms with E-state index in [-0.39, 0.29) is 11.7 Å². The number of hydrogen-bond acceptors (Lipinski definition) is 7. The monoisotopic (exact) mass is 444 g/mol. The number of rotatable bonds is 7. The quantitative estimate of drug-likeness (QED) is 0.604. The molecule has 0 atom stereocenters. The maximum absolute atomic E-state index is 13.0. The summed E-state index contributed by atoms with van der Waals surface area (Å²) >= 11 is 1.61. The Morgan fingerprint density at radius 1 is 1.06 bits per heavy atom. The summed E-state index contributed by atoms with van der Waals surface area (Å²) in [5.74, 6) is 1.01. The van der Waals surface area contributed by atoms with Gasteiger partial charge in [0.1, 0.15) is 27.5 Å². The van der Waals surface area contributed by atoms with E-state index in [4.69, 9.17) is 14.5 Å². The number of hydrogen-bond donors (Lipinski definition) is 1. The Morgan fingerprint density at radius 2 is 1.74 bits per heavy atom. The molecule has 164 valence electrons. The Hall–Kier alpha value is -2.91. The lowest BCUT2D eigenvalue weighted by atomic mass is 10.2. The van der Waals surface area contributed by atoms with Crippen molar-refractivity contribution in [2.45, 2.75) is 0 Å². The summed E-state index contributed by atoms with van der Waals surface area (Å²) in [6.07, 6.45) is 0. The van der Waals surface area contributed by atoms with E-state index < -0.39 is 0 Å². The van der Waals surface area contributed by atoms with Gasteiger partial charge in [-0.3, -0.25) is 9.69 Å². The lowest BCUT2D eigenvalue weighted by Crippen LogP contribution is -2.48. The zero-order valence-corrected chi connectivity index (χ0v) is 18.4. The first kappa shape index (κ1) is 21.3. The summed E-state index contributed by atoms with van der Waals surface area (Å²) in [5.41, 5.74) is 1.29. The molecule has 3 aromatic rings. The van der Waals surface area contributed by atoms with Gasteiger partial charge in [0, 0.05) is 44.8 Å². The number of anilines is 1. The van der Waals surface area contributed by atoms with Crippen LogP contribution in [-0.4, -0.2) is 69.3 Å². The van der Waals surface area contributed by atoms with E-state index in [0.717, 1.165) is 59.6 Å². The number of fused-ring (bicyclic) bond motifs is 1. The molecule has 4 rings (SSSR count). The molecule has 9 heteroatoms. The van der Waals surface area contributed by atoms with Gasteiger partial charge in [0.2, 0.25) is 0 Å². The smallest absolute Gasteiger partial charge is 0.251 e. The Kier molecular flexibility index (Phi) is 6.53. The van der Waals surface area contributed by atoms with Crippen molar-refractivity contribution >= 4 is 32.6 Å². The molecular weight excluding hydrogens is 419 g/mol. The minimum atomic E-state index is -0.348. The molecule has 1 amide bonds. The molecule has 2 heterocycles. The fourth-order valence-electron chi connectivity index (χ4n) is 3.60. The Balaban J connectivity index is 1.30. The fraction of sp³-hybridized carbons (Fsp3) is 0.364. The van der Waals surface area contributed by atoms with Crippen molar-refractivity contribution in [3.05, 3.63) is 47.8 Å². The molecule has 1 aliphatic heterocycles. The van der Waals surface area contributed by atoms with Crippen LogP contribution in [0, 0.1) is 5.82 Å². The van der Waals surface area contributed by atoms with Gasteiger partial charge >= 0.3 is 0 Å². The number of benzene rings is 2. The van der Waals surface area contributed by atoms with Gasteiger partial charge in [-0.2, -0.15) is 0 Å². The zero-order valence-electron chi connectivity index (χ0n) is 17.6. The van der Waals surface area contributed by atoms with Crippen LogP contribution in [0.25, 0.3) is 10.2 Å². The van der Waals surface area contributed by atoms with Crippen LogP contribution < -0.4 is 19.7 Å². The van der Waals surface area contributed by atoms with Crippen LogP contribution in [0.3, 0.4) is 0 Å². The third kappa shape index (κ3) is 4.72. The van der Waals surface area contributed by atoms with Gasteiger partial charge in [-0.1, -0.05) is 11.3 Å². The first-order valence-electron chi connectivity index (χ1n) is 10.1. The number of ether oxygens (including phenoxy) is 2. The number of thiazole rings is 1. The second-order valence-corrected chi connectivity index (χ2v) is 8.21. The third-order valence-corrected chi connectivity index (χ3v) is 6.49. The number of methoxy groups -OCH3 is 2. The summed E-state index contributed by atoms with van der Waals surface area (Å²) in [6.45, 7) is 4.80. The number of nitrogens with zero attached hydrogens (tertiary/aromatic N) is 3. The van der Waals surface area contributed by atoms with E-state index in [1.165, 1.54) is 24.3 Å². The second-order valence-electron chi connectivity index (χ2n) is 7.24. The SMILES string of the molecule is COc1ccc(OC)c2sc(N3CCN(CCNC(=O)c4ccc(F)cc4)CC3)nc12. The molecule has 1 fully saturated rings. The van der Waals surface area contributed by atoms with Crippen molar-refractivity contribution < 1.29 is 18.7 Å². The number of carbonyl (C=O) groups excluding carboxylic acids is 1. The molecule has 0 spiro atoms. The van der Waals surface area contributed by atoms with E-state index in [1.807, 2.05) is 12.1 Å². The number of nitrogens with one attached hydrogen (secondary N) is 1. The van der Waals surface area contributed by atoms with Gasteiger partial charge in [0.05, 0.1) is 14.2 Å². The van der Waals surface area contributed by atoms with Crippen LogP contribution in [0.1, 0.15) is 10.4 Å². The van der Waals surface area contributed by atoms with Crippen molar-refractivity contribution in [2.24, 2.45) is 0 Å². The van der Waals surface area contributed by atoms with Crippen LogP contribution in [-0.2, 0) is 0 Å². The van der Waals surface area contributed by atoms with Gasteiger partial charge in [-0.05, 0) is 36.4 Å². The highest BCUT2D eigenvalue weighted by Crippen LogP contribution is 2.40. The summed E-state index contributed by atoms with van der Waals surface area (Å²) in [7, 11) is 3.31. The topological polar surface area (TPSA) is 66.9 Å². The standard InChI is InChI=1S/C22H25FN4O3S/c1-29-17-7-8-18(30-2)20-19(17)25-22(31-20)27-13-11-26(12-14-27)10-9-24-21(28)15-3-5-16(23)6-4-15/h3-8H,9-14H2,1-2H3,(H,24,28). The molecule has 31 heavy (non-hydrogen) atoms. The van der Waals surface area contributed by atoms with Crippen molar-refractivity contribution in [1.29, 1.82) is 0 Å². The largest absolute Gasteiger partial charge is 0.495 e.